The number of nitrogens with zero attached hydrogens (tertiary/aromatic N) is 3. The van der Waals surface area contributed by atoms with Crippen molar-refractivity contribution in [2.24, 2.45) is 0 Å². The highest BCUT2D eigenvalue weighted by atomic mass is 32.2. The van der Waals surface area contributed by atoms with Crippen LogP contribution in [0.15, 0.2) is 30.5 Å². The van der Waals surface area contributed by atoms with E-state index >= 15 is 0 Å². The average Bonchev–Trinajstić information content (AvgIpc) is 2.83. The molecular weight excluding hydrogens is 290 g/mol. The summed E-state index contributed by atoms with van der Waals surface area (Å²) in [5, 5.41) is 3.04. The summed E-state index contributed by atoms with van der Waals surface area (Å²) in [5.74, 6) is 0.684. The van der Waals surface area contributed by atoms with Crippen LogP contribution in [0, 0.1) is 0 Å². The van der Waals surface area contributed by atoms with E-state index in [2.05, 4.69) is 15.3 Å². The zero-order valence-electron chi connectivity index (χ0n) is 11.4. The van der Waals surface area contributed by atoms with E-state index in [9.17, 15) is 8.42 Å². The summed E-state index contributed by atoms with van der Waals surface area (Å²) in [5.41, 5.74) is 7.92. The molecule has 8 heteroatoms. The number of fused-ring (bicyclic) bond motifs is 1. The van der Waals surface area contributed by atoms with Gasteiger partial charge in [0, 0.05) is 12.7 Å². The largest absolute Gasteiger partial charge is 0.384 e. The van der Waals surface area contributed by atoms with Crippen LogP contribution in [0.5, 0.6) is 0 Å². The van der Waals surface area contributed by atoms with Crippen molar-refractivity contribution >= 4 is 33.2 Å². The molecule has 0 bridgehead atoms. The number of nitrogens with one attached hydrogen (secondary N) is 1. The molecule has 0 unspecified atom stereocenters. The fourth-order valence-electron chi connectivity index (χ4n) is 2.41. The Labute approximate surface area is 122 Å². The SMILES string of the molecule is CS(=O)(=O)N1CCc2cccc(Nc3nccc(N)n3)c21. The summed E-state index contributed by atoms with van der Waals surface area (Å²) >= 11 is 0. The van der Waals surface area contributed by atoms with Crippen LogP contribution in [0.2, 0.25) is 0 Å². The summed E-state index contributed by atoms with van der Waals surface area (Å²) < 4.78 is 25.2. The fraction of sp³-hybridized carbons (Fsp3) is 0.231. The summed E-state index contributed by atoms with van der Waals surface area (Å²) in [6.07, 6.45) is 3.44. The molecule has 0 saturated carbocycles. The van der Waals surface area contributed by atoms with Gasteiger partial charge in [0.15, 0.2) is 0 Å². The monoisotopic (exact) mass is 305 g/mol. The molecule has 1 aromatic heterocycles. The summed E-state index contributed by atoms with van der Waals surface area (Å²) in [6, 6.07) is 7.18. The Bertz CT molecular complexity index is 791. The lowest BCUT2D eigenvalue weighted by Gasteiger charge is -2.20. The molecule has 110 valence electrons. The molecule has 1 aliphatic rings. The minimum atomic E-state index is -3.31. The first kappa shape index (κ1) is 13.6. The zero-order chi connectivity index (χ0) is 15.0. The van der Waals surface area contributed by atoms with Crippen LogP contribution in [0.4, 0.5) is 23.1 Å². The zero-order valence-corrected chi connectivity index (χ0v) is 12.3. The van der Waals surface area contributed by atoms with Gasteiger partial charge in [-0.1, -0.05) is 12.1 Å². The Morgan fingerprint density at radius 3 is 2.86 bits per heavy atom. The van der Waals surface area contributed by atoms with Crippen LogP contribution in [0.25, 0.3) is 0 Å². The van der Waals surface area contributed by atoms with Crippen molar-refractivity contribution in [2.45, 2.75) is 6.42 Å². The van der Waals surface area contributed by atoms with Crippen LogP contribution < -0.4 is 15.4 Å². The van der Waals surface area contributed by atoms with E-state index in [4.69, 9.17) is 5.73 Å². The summed E-state index contributed by atoms with van der Waals surface area (Å²) in [6.45, 7) is 0.449. The second-order valence-electron chi connectivity index (χ2n) is 4.83. The number of nitrogen functional groups attached to an aromatic ring is 1. The lowest BCUT2D eigenvalue weighted by atomic mass is 10.1. The van der Waals surface area contributed by atoms with E-state index in [1.165, 1.54) is 10.6 Å². The van der Waals surface area contributed by atoms with Crippen molar-refractivity contribution in [1.82, 2.24) is 9.97 Å². The van der Waals surface area contributed by atoms with Crippen molar-refractivity contribution in [1.29, 1.82) is 0 Å². The first-order valence-electron chi connectivity index (χ1n) is 6.40. The van der Waals surface area contributed by atoms with Crippen molar-refractivity contribution in [3.8, 4) is 0 Å². The number of hydrogen-bond acceptors (Lipinski definition) is 6. The Kier molecular flexibility index (Phi) is 3.17. The van der Waals surface area contributed by atoms with E-state index in [1.807, 2.05) is 12.1 Å². The predicted molar refractivity (Wildman–Crippen MR) is 82.1 cm³/mol. The normalized spacial score (nSPS) is 14.0. The Morgan fingerprint density at radius 1 is 1.33 bits per heavy atom. The van der Waals surface area contributed by atoms with E-state index in [0.717, 1.165) is 5.56 Å². The molecule has 21 heavy (non-hydrogen) atoms. The van der Waals surface area contributed by atoms with Gasteiger partial charge in [0.2, 0.25) is 16.0 Å². The van der Waals surface area contributed by atoms with Gasteiger partial charge in [-0.2, -0.15) is 4.98 Å². The summed E-state index contributed by atoms with van der Waals surface area (Å²) in [7, 11) is -3.31. The number of hydrogen-bond donors (Lipinski definition) is 2. The van der Waals surface area contributed by atoms with Crippen LogP contribution in [0.3, 0.4) is 0 Å². The molecule has 0 saturated heterocycles. The van der Waals surface area contributed by atoms with Crippen LogP contribution in [0.1, 0.15) is 5.56 Å². The second-order valence-corrected chi connectivity index (χ2v) is 6.74. The fourth-order valence-corrected chi connectivity index (χ4v) is 3.38. The third kappa shape index (κ3) is 2.62. The second kappa shape index (κ2) is 4.88. The number of nitrogens with two attached hydrogens (primary N) is 1. The number of anilines is 4. The maximum atomic E-state index is 11.9. The topological polar surface area (TPSA) is 101 Å². The molecule has 1 aromatic carbocycles. The highest BCUT2D eigenvalue weighted by Gasteiger charge is 2.28. The van der Waals surface area contributed by atoms with Gasteiger partial charge in [-0.05, 0) is 24.1 Å². The molecule has 3 N–H and O–H groups in total. The molecule has 1 aliphatic heterocycles. The smallest absolute Gasteiger partial charge is 0.232 e. The molecule has 7 nitrogen and oxygen atoms in total. The molecular formula is C13H15N5O2S. The van der Waals surface area contributed by atoms with Crippen LogP contribution in [-0.2, 0) is 16.4 Å². The number of para-hydroxylation sites is 1. The first-order chi connectivity index (χ1) is 9.95. The maximum Gasteiger partial charge on any atom is 0.232 e. The van der Waals surface area contributed by atoms with E-state index in [-0.39, 0.29) is 0 Å². The average molecular weight is 305 g/mol. The highest BCUT2D eigenvalue weighted by Crippen LogP contribution is 2.37. The molecule has 3 rings (SSSR count). The van der Waals surface area contributed by atoms with Crippen LogP contribution in [-0.4, -0.2) is 31.2 Å². The van der Waals surface area contributed by atoms with Crippen molar-refractivity contribution in [3.05, 3.63) is 36.0 Å². The van der Waals surface area contributed by atoms with Gasteiger partial charge in [0.05, 0.1) is 17.6 Å². The van der Waals surface area contributed by atoms with Gasteiger partial charge < -0.3 is 11.1 Å². The number of sulfonamides is 1. The highest BCUT2D eigenvalue weighted by molar-refractivity contribution is 7.92. The van der Waals surface area contributed by atoms with Gasteiger partial charge in [0.1, 0.15) is 5.82 Å². The van der Waals surface area contributed by atoms with E-state index in [1.54, 1.807) is 18.3 Å². The van der Waals surface area contributed by atoms with Crippen LogP contribution >= 0.6 is 0 Å². The molecule has 0 amide bonds. The van der Waals surface area contributed by atoms with E-state index in [0.29, 0.717) is 36.1 Å². The Balaban J connectivity index is 2.03. The number of benzene rings is 1. The van der Waals surface area contributed by atoms with Crippen molar-refractivity contribution < 1.29 is 8.42 Å². The minimum Gasteiger partial charge on any atom is -0.384 e. The lowest BCUT2D eigenvalue weighted by molar-refractivity contribution is 0.598. The first-order valence-corrected chi connectivity index (χ1v) is 8.25. The maximum absolute atomic E-state index is 11.9. The minimum absolute atomic E-state index is 0.337. The summed E-state index contributed by atoms with van der Waals surface area (Å²) in [4.78, 5) is 8.15. The van der Waals surface area contributed by atoms with Crippen molar-refractivity contribution in [2.75, 3.05) is 28.2 Å². The molecule has 2 aromatic rings. The standard InChI is InChI=1S/C13H15N5O2S/c1-21(19,20)18-8-6-9-3-2-4-10(12(9)18)16-13-15-7-5-11(14)17-13/h2-5,7H,6,8H2,1H3,(H3,14,15,16,17). The molecule has 2 heterocycles. The van der Waals surface area contributed by atoms with Gasteiger partial charge in [-0.15, -0.1) is 0 Å². The number of aromatic nitrogens is 2. The quantitative estimate of drug-likeness (QED) is 0.881. The third-order valence-corrected chi connectivity index (χ3v) is 4.44. The Morgan fingerprint density at radius 2 is 2.14 bits per heavy atom. The predicted octanol–water partition coefficient (Wildman–Crippen LogP) is 1.12. The van der Waals surface area contributed by atoms with Crippen molar-refractivity contribution in [3.63, 3.8) is 0 Å². The lowest BCUT2D eigenvalue weighted by Crippen LogP contribution is -2.28. The molecule has 0 spiro atoms. The third-order valence-electron chi connectivity index (χ3n) is 3.28. The number of rotatable bonds is 3. The van der Waals surface area contributed by atoms with Gasteiger partial charge in [-0.3, -0.25) is 4.31 Å². The molecule has 0 aliphatic carbocycles. The van der Waals surface area contributed by atoms with Gasteiger partial charge in [0.25, 0.3) is 0 Å². The van der Waals surface area contributed by atoms with Gasteiger partial charge >= 0.3 is 0 Å². The van der Waals surface area contributed by atoms with Gasteiger partial charge in [-0.25, -0.2) is 13.4 Å². The Hall–Kier alpha value is -2.35. The molecule has 0 fully saturated rings. The molecule has 0 atom stereocenters. The van der Waals surface area contributed by atoms with E-state index < -0.39 is 10.0 Å². The molecule has 0 radical (unpaired) electrons.